The summed E-state index contributed by atoms with van der Waals surface area (Å²) in [6.45, 7) is 2.50. The van der Waals surface area contributed by atoms with Gasteiger partial charge in [-0.2, -0.15) is 0 Å². The van der Waals surface area contributed by atoms with Crippen LogP contribution in [0.15, 0.2) is 12.1 Å². The standard InChI is InChI=1S/C16H20ClNO4/c1-20-12-2-4-18(5-3-12)15(19)10-11-8-13(17)16-14(9-11)21-6-7-22-16/h8-9,12H,2-7,10H2,1H3. The van der Waals surface area contributed by atoms with Crippen LogP contribution in [0.25, 0.3) is 0 Å². The van der Waals surface area contributed by atoms with Crippen molar-refractivity contribution in [3.8, 4) is 11.5 Å². The summed E-state index contributed by atoms with van der Waals surface area (Å²) in [5.74, 6) is 1.31. The molecule has 0 aromatic heterocycles. The molecule has 0 saturated carbocycles. The van der Waals surface area contributed by atoms with Crippen LogP contribution in [0, 0.1) is 0 Å². The van der Waals surface area contributed by atoms with Gasteiger partial charge in [0.2, 0.25) is 5.91 Å². The summed E-state index contributed by atoms with van der Waals surface area (Å²) in [5, 5.41) is 0.498. The lowest BCUT2D eigenvalue weighted by molar-refractivity contribution is -0.132. The maximum Gasteiger partial charge on any atom is 0.226 e. The van der Waals surface area contributed by atoms with Crippen molar-refractivity contribution in [1.82, 2.24) is 4.90 Å². The first-order valence-corrected chi connectivity index (χ1v) is 7.93. The topological polar surface area (TPSA) is 48.0 Å². The molecular formula is C16H20ClNO4. The average molecular weight is 326 g/mol. The summed E-state index contributed by atoms with van der Waals surface area (Å²) in [6, 6.07) is 3.63. The zero-order valence-corrected chi connectivity index (χ0v) is 13.4. The molecule has 0 radical (unpaired) electrons. The van der Waals surface area contributed by atoms with E-state index >= 15 is 0 Å². The fraction of sp³-hybridized carbons (Fsp3) is 0.562. The van der Waals surface area contributed by atoms with Crippen molar-refractivity contribution in [2.24, 2.45) is 0 Å². The molecule has 0 aliphatic carbocycles. The third-order valence-electron chi connectivity index (χ3n) is 4.14. The lowest BCUT2D eigenvalue weighted by atomic mass is 10.1. The zero-order chi connectivity index (χ0) is 15.5. The second kappa shape index (κ2) is 6.75. The van der Waals surface area contributed by atoms with Crippen LogP contribution in [0.3, 0.4) is 0 Å². The number of methoxy groups -OCH3 is 1. The van der Waals surface area contributed by atoms with Crippen LogP contribution in [0.4, 0.5) is 0 Å². The predicted octanol–water partition coefficient (Wildman–Crippen LogP) is 2.29. The van der Waals surface area contributed by atoms with Gasteiger partial charge in [0.05, 0.1) is 17.5 Å². The van der Waals surface area contributed by atoms with Crippen LogP contribution in [-0.2, 0) is 16.0 Å². The molecule has 1 aromatic carbocycles. The molecule has 6 heteroatoms. The van der Waals surface area contributed by atoms with Crippen LogP contribution < -0.4 is 9.47 Å². The molecule has 0 spiro atoms. The third-order valence-corrected chi connectivity index (χ3v) is 4.42. The van der Waals surface area contributed by atoms with Gasteiger partial charge in [-0.3, -0.25) is 4.79 Å². The van der Waals surface area contributed by atoms with Gasteiger partial charge < -0.3 is 19.1 Å². The monoisotopic (exact) mass is 325 g/mol. The van der Waals surface area contributed by atoms with E-state index in [2.05, 4.69) is 0 Å². The van der Waals surface area contributed by atoms with E-state index in [9.17, 15) is 4.79 Å². The maximum atomic E-state index is 12.4. The molecule has 2 heterocycles. The van der Waals surface area contributed by atoms with E-state index < -0.39 is 0 Å². The summed E-state index contributed by atoms with van der Waals surface area (Å²) >= 11 is 6.21. The third kappa shape index (κ3) is 3.31. The Morgan fingerprint density at radius 1 is 1.32 bits per heavy atom. The lowest BCUT2D eigenvalue weighted by Crippen LogP contribution is -2.41. The van der Waals surface area contributed by atoms with E-state index in [4.69, 9.17) is 25.8 Å². The minimum atomic E-state index is 0.113. The van der Waals surface area contributed by atoms with Gasteiger partial charge in [-0.15, -0.1) is 0 Å². The van der Waals surface area contributed by atoms with Crippen molar-refractivity contribution >= 4 is 17.5 Å². The zero-order valence-electron chi connectivity index (χ0n) is 12.6. The number of piperidine rings is 1. The maximum absolute atomic E-state index is 12.4. The first-order chi connectivity index (χ1) is 10.7. The highest BCUT2D eigenvalue weighted by molar-refractivity contribution is 6.32. The molecule has 120 valence electrons. The first-order valence-electron chi connectivity index (χ1n) is 7.56. The molecule has 0 N–H and O–H groups in total. The minimum Gasteiger partial charge on any atom is -0.486 e. The van der Waals surface area contributed by atoms with Crippen molar-refractivity contribution in [1.29, 1.82) is 0 Å². The van der Waals surface area contributed by atoms with Gasteiger partial charge in [0.1, 0.15) is 13.2 Å². The van der Waals surface area contributed by atoms with Crippen molar-refractivity contribution in [2.75, 3.05) is 33.4 Å². The fourth-order valence-electron chi connectivity index (χ4n) is 2.89. The van der Waals surface area contributed by atoms with E-state index in [0.29, 0.717) is 36.2 Å². The molecule has 3 rings (SSSR count). The summed E-state index contributed by atoms with van der Waals surface area (Å²) in [4.78, 5) is 14.3. The Balaban J connectivity index is 1.66. The van der Waals surface area contributed by atoms with E-state index in [1.807, 2.05) is 11.0 Å². The van der Waals surface area contributed by atoms with Gasteiger partial charge in [-0.1, -0.05) is 11.6 Å². The highest BCUT2D eigenvalue weighted by Crippen LogP contribution is 2.38. The number of nitrogens with zero attached hydrogens (tertiary/aromatic N) is 1. The minimum absolute atomic E-state index is 0.113. The number of amides is 1. The van der Waals surface area contributed by atoms with Crippen LogP contribution in [0.1, 0.15) is 18.4 Å². The van der Waals surface area contributed by atoms with Crippen LogP contribution >= 0.6 is 11.6 Å². The van der Waals surface area contributed by atoms with Crippen LogP contribution in [-0.4, -0.2) is 50.3 Å². The Hall–Kier alpha value is -1.46. The van der Waals surface area contributed by atoms with E-state index in [0.717, 1.165) is 31.5 Å². The number of hydrogen-bond acceptors (Lipinski definition) is 4. The molecule has 1 amide bonds. The summed E-state index contributed by atoms with van der Waals surface area (Å²) in [5.41, 5.74) is 0.855. The number of carbonyl (C=O) groups excluding carboxylic acids is 1. The van der Waals surface area contributed by atoms with Gasteiger partial charge in [0.15, 0.2) is 11.5 Å². The highest BCUT2D eigenvalue weighted by Gasteiger charge is 2.23. The van der Waals surface area contributed by atoms with Crippen LogP contribution in [0.5, 0.6) is 11.5 Å². The molecule has 1 fully saturated rings. The van der Waals surface area contributed by atoms with Gasteiger partial charge >= 0.3 is 0 Å². The van der Waals surface area contributed by atoms with Crippen LogP contribution in [0.2, 0.25) is 5.02 Å². The Labute approximate surface area is 135 Å². The summed E-state index contributed by atoms with van der Waals surface area (Å²) in [6.07, 6.45) is 2.38. The number of fused-ring (bicyclic) bond motifs is 1. The van der Waals surface area contributed by atoms with Crippen molar-refractivity contribution < 1.29 is 19.0 Å². The molecule has 0 bridgehead atoms. The number of hydrogen-bond donors (Lipinski definition) is 0. The molecule has 5 nitrogen and oxygen atoms in total. The smallest absolute Gasteiger partial charge is 0.226 e. The highest BCUT2D eigenvalue weighted by atomic mass is 35.5. The predicted molar refractivity (Wildman–Crippen MR) is 82.8 cm³/mol. The lowest BCUT2D eigenvalue weighted by Gasteiger charge is -2.31. The SMILES string of the molecule is COC1CCN(C(=O)Cc2cc(Cl)c3c(c2)OCCO3)CC1. The van der Waals surface area contributed by atoms with Crippen molar-refractivity contribution in [3.63, 3.8) is 0 Å². The Morgan fingerprint density at radius 2 is 2.05 bits per heavy atom. The van der Waals surface area contributed by atoms with E-state index in [1.165, 1.54) is 0 Å². The molecule has 2 aliphatic heterocycles. The number of halogens is 1. The summed E-state index contributed by atoms with van der Waals surface area (Å²) in [7, 11) is 1.72. The number of likely N-dealkylation sites (tertiary alicyclic amines) is 1. The second-order valence-corrected chi connectivity index (χ2v) is 6.00. The van der Waals surface area contributed by atoms with Gasteiger partial charge in [-0.25, -0.2) is 0 Å². The van der Waals surface area contributed by atoms with E-state index in [-0.39, 0.29) is 12.0 Å². The Bertz CT molecular complexity index is 555. The number of carbonyl (C=O) groups is 1. The van der Waals surface area contributed by atoms with E-state index in [1.54, 1.807) is 13.2 Å². The van der Waals surface area contributed by atoms with Gasteiger partial charge in [0.25, 0.3) is 0 Å². The first kappa shape index (κ1) is 15.4. The fourth-order valence-corrected chi connectivity index (χ4v) is 3.18. The Morgan fingerprint density at radius 3 is 2.77 bits per heavy atom. The molecular weight excluding hydrogens is 306 g/mol. The number of ether oxygens (including phenoxy) is 3. The largest absolute Gasteiger partial charge is 0.486 e. The molecule has 0 atom stereocenters. The van der Waals surface area contributed by atoms with Gasteiger partial charge in [-0.05, 0) is 30.5 Å². The molecule has 1 aromatic rings. The summed E-state index contributed by atoms with van der Waals surface area (Å²) < 4.78 is 16.4. The number of rotatable bonds is 3. The van der Waals surface area contributed by atoms with Gasteiger partial charge in [0, 0.05) is 20.2 Å². The molecule has 2 aliphatic rings. The normalized spacial score (nSPS) is 18.4. The van der Waals surface area contributed by atoms with Crippen molar-refractivity contribution in [3.05, 3.63) is 22.7 Å². The quantitative estimate of drug-likeness (QED) is 0.855. The average Bonchev–Trinajstić information content (AvgIpc) is 2.55. The molecule has 0 unspecified atom stereocenters. The molecule has 22 heavy (non-hydrogen) atoms. The second-order valence-electron chi connectivity index (χ2n) is 5.59. The molecule has 1 saturated heterocycles. The van der Waals surface area contributed by atoms with Crippen molar-refractivity contribution in [2.45, 2.75) is 25.4 Å². The number of benzene rings is 1. The Kier molecular flexibility index (Phi) is 4.74.